The van der Waals surface area contributed by atoms with Gasteiger partial charge in [-0.15, -0.1) is 0 Å². The highest BCUT2D eigenvalue weighted by Crippen LogP contribution is 2.30. The third kappa shape index (κ3) is 8.33. The zero-order chi connectivity index (χ0) is 30.0. The molecule has 6 heteroatoms. The van der Waals surface area contributed by atoms with Crippen molar-refractivity contribution < 1.29 is 9.59 Å². The maximum atomic E-state index is 12.5. The summed E-state index contributed by atoms with van der Waals surface area (Å²) in [6, 6.07) is 37.7. The molecule has 4 aromatic rings. The van der Waals surface area contributed by atoms with Crippen LogP contribution in [0.1, 0.15) is 61.8 Å². The molecule has 1 heterocycles. The maximum Gasteiger partial charge on any atom is 0.224 e. The smallest absolute Gasteiger partial charge is 0.224 e. The third-order valence-electron chi connectivity index (χ3n) is 8.10. The van der Waals surface area contributed by atoms with Crippen molar-refractivity contribution in [3.8, 4) is 0 Å². The molecule has 0 spiro atoms. The lowest BCUT2D eigenvalue weighted by Crippen LogP contribution is -2.48. The molecule has 5 rings (SSSR count). The van der Waals surface area contributed by atoms with Crippen LogP contribution in [0.3, 0.4) is 0 Å². The fourth-order valence-electron chi connectivity index (χ4n) is 5.69. The lowest BCUT2D eigenvalue weighted by molar-refractivity contribution is -0.117. The van der Waals surface area contributed by atoms with Crippen LogP contribution < -0.4 is 15.5 Å². The minimum absolute atomic E-state index is 0.0756. The van der Waals surface area contributed by atoms with Gasteiger partial charge in [-0.1, -0.05) is 86.6 Å². The van der Waals surface area contributed by atoms with Crippen molar-refractivity contribution >= 4 is 28.9 Å². The molecule has 0 aliphatic carbocycles. The molecule has 6 nitrogen and oxygen atoms in total. The molecule has 0 atom stereocenters. The van der Waals surface area contributed by atoms with Gasteiger partial charge in [0.2, 0.25) is 11.8 Å². The Kier molecular flexibility index (Phi) is 10.2. The molecular weight excluding hydrogens is 532 g/mol. The summed E-state index contributed by atoms with van der Waals surface area (Å²) in [5, 5.41) is 5.89. The predicted octanol–water partition coefficient (Wildman–Crippen LogP) is 7.47. The SMILES string of the molecule is CC(C)c1ccc(NC(=O)CCCC(=O)Nc2ccc(N3CCN(C(c4ccccc4)c4ccccc4)CC3)cc2)cc1. The third-order valence-corrected chi connectivity index (χ3v) is 8.10. The Morgan fingerprint density at radius 2 is 1.07 bits per heavy atom. The van der Waals surface area contributed by atoms with Crippen molar-refractivity contribution in [2.24, 2.45) is 0 Å². The van der Waals surface area contributed by atoms with Crippen molar-refractivity contribution in [1.82, 2.24) is 4.90 Å². The molecule has 4 aromatic carbocycles. The number of carbonyl (C=O) groups is 2. The van der Waals surface area contributed by atoms with Crippen molar-refractivity contribution in [3.63, 3.8) is 0 Å². The number of benzene rings is 4. The molecular formula is C37H42N4O2. The molecule has 1 fully saturated rings. The van der Waals surface area contributed by atoms with E-state index in [0.29, 0.717) is 25.2 Å². The van der Waals surface area contributed by atoms with Crippen LogP contribution in [0.2, 0.25) is 0 Å². The van der Waals surface area contributed by atoms with Crippen molar-refractivity contribution in [1.29, 1.82) is 0 Å². The molecule has 0 radical (unpaired) electrons. The molecule has 1 aliphatic heterocycles. The van der Waals surface area contributed by atoms with E-state index in [9.17, 15) is 9.59 Å². The molecule has 0 unspecified atom stereocenters. The molecule has 2 amide bonds. The van der Waals surface area contributed by atoms with Crippen LogP contribution in [-0.4, -0.2) is 42.9 Å². The average Bonchev–Trinajstić information content (AvgIpc) is 3.03. The monoisotopic (exact) mass is 574 g/mol. The van der Waals surface area contributed by atoms with Crippen LogP contribution in [0.4, 0.5) is 17.1 Å². The van der Waals surface area contributed by atoms with Crippen molar-refractivity contribution in [2.75, 3.05) is 41.7 Å². The molecule has 1 saturated heterocycles. The standard InChI is InChI=1S/C37H42N4O2/c1-28(2)29-16-18-32(19-17-29)38-35(42)14-9-15-36(43)39-33-20-22-34(23-21-33)40-24-26-41(27-25-40)37(30-10-5-3-6-11-30)31-12-7-4-8-13-31/h3-8,10-13,16-23,28,37H,9,14-15,24-27H2,1-2H3,(H,38,42)(H,39,43). The number of rotatable bonds is 11. The van der Waals surface area contributed by atoms with Crippen LogP contribution in [-0.2, 0) is 9.59 Å². The Labute approximate surface area is 255 Å². The van der Waals surface area contributed by atoms with E-state index in [1.165, 1.54) is 16.7 Å². The van der Waals surface area contributed by atoms with Gasteiger partial charge < -0.3 is 15.5 Å². The van der Waals surface area contributed by atoms with Crippen LogP contribution in [0.5, 0.6) is 0 Å². The van der Waals surface area contributed by atoms with Gasteiger partial charge in [-0.25, -0.2) is 0 Å². The van der Waals surface area contributed by atoms with E-state index in [2.05, 4.69) is 107 Å². The van der Waals surface area contributed by atoms with Crippen LogP contribution in [0.15, 0.2) is 109 Å². The van der Waals surface area contributed by atoms with E-state index in [1.807, 2.05) is 36.4 Å². The number of piperazine rings is 1. The summed E-state index contributed by atoms with van der Waals surface area (Å²) in [6.07, 6.45) is 1.10. The second-order valence-corrected chi connectivity index (χ2v) is 11.5. The summed E-state index contributed by atoms with van der Waals surface area (Å²) >= 11 is 0. The van der Waals surface area contributed by atoms with E-state index in [0.717, 1.165) is 43.2 Å². The number of nitrogens with one attached hydrogen (secondary N) is 2. The number of amides is 2. The topological polar surface area (TPSA) is 64.7 Å². The van der Waals surface area contributed by atoms with Gasteiger partial charge in [0.25, 0.3) is 0 Å². The first kappa shape index (κ1) is 30.1. The molecule has 222 valence electrons. The highest BCUT2D eigenvalue weighted by Gasteiger charge is 2.26. The van der Waals surface area contributed by atoms with Gasteiger partial charge in [-0.3, -0.25) is 14.5 Å². The molecule has 1 aliphatic rings. The zero-order valence-electron chi connectivity index (χ0n) is 25.2. The van der Waals surface area contributed by atoms with Gasteiger partial charge in [-0.05, 0) is 65.4 Å². The maximum absolute atomic E-state index is 12.5. The summed E-state index contributed by atoms with van der Waals surface area (Å²) in [6.45, 7) is 8.08. The Morgan fingerprint density at radius 1 is 0.605 bits per heavy atom. The first-order chi connectivity index (χ1) is 21.0. The first-order valence-electron chi connectivity index (χ1n) is 15.3. The number of hydrogen-bond donors (Lipinski definition) is 2. The number of nitrogens with zero attached hydrogens (tertiary/aromatic N) is 2. The van der Waals surface area contributed by atoms with Gasteiger partial charge >= 0.3 is 0 Å². The lowest BCUT2D eigenvalue weighted by atomic mass is 9.96. The van der Waals surface area contributed by atoms with E-state index >= 15 is 0 Å². The molecule has 2 N–H and O–H groups in total. The molecule has 0 bridgehead atoms. The number of hydrogen-bond acceptors (Lipinski definition) is 4. The van der Waals surface area contributed by atoms with Crippen LogP contribution >= 0.6 is 0 Å². The summed E-state index contributed by atoms with van der Waals surface area (Å²) in [5.41, 5.74) is 6.59. The highest BCUT2D eigenvalue weighted by atomic mass is 16.2. The van der Waals surface area contributed by atoms with E-state index in [1.54, 1.807) is 0 Å². The van der Waals surface area contributed by atoms with Gasteiger partial charge in [-0.2, -0.15) is 0 Å². The first-order valence-corrected chi connectivity index (χ1v) is 15.3. The molecule has 43 heavy (non-hydrogen) atoms. The molecule has 0 aromatic heterocycles. The number of anilines is 3. The number of carbonyl (C=O) groups excluding carboxylic acids is 2. The van der Waals surface area contributed by atoms with Gasteiger partial charge in [0.05, 0.1) is 6.04 Å². The molecule has 0 saturated carbocycles. The van der Waals surface area contributed by atoms with Gasteiger partial charge in [0, 0.05) is 56.1 Å². The zero-order valence-corrected chi connectivity index (χ0v) is 25.2. The summed E-state index contributed by atoms with van der Waals surface area (Å²) in [7, 11) is 0. The Hall–Kier alpha value is -4.42. The Bertz CT molecular complexity index is 1410. The highest BCUT2D eigenvalue weighted by molar-refractivity contribution is 5.93. The largest absolute Gasteiger partial charge is 0.369 e. The van der Waals surface area contributed by atoms with Crippen molar-refractivity contribution in [3.05, 3.63) is 126 Å². The van der Waals surface area contributed by atoms with Gasteiger partial charge in [0.1, 0.15) is 0 Å². The van der Waals surface area contributed by atoms with E-state index < -0.39 is 0 Å². The quantitative estimate of drug-likeness (QED) is 0.195. The Morgan fingerprint density at radius 3 is 1.53 bits per heavy atom. The minimum Gasteiger partial charge on any atom is -0.369 e. The second-order valence-electron chi connectivity index (χ2n) is 11.5. The van der Waals surface area contributed by atoms with Crippen LogP contribution in [0, 0.1) is 0 Å². The van der Waals surface area contributed by atoms with Gasteiger partial charge in [0.15, 0.2) is 0 Å². The van der Waals surface area contributed by atoms with Crippen molar-refractivity contribution in [2.45, 2.75) is 45.1 Å². The van der Waals surface area contributed by atoms with E-state index in [4.69, 9.17) is 0 Å². The summed E-state index contributed by atoms with van der Waals surface area (Å²) in [5.74, 6) is 0.297. The normalized spacial score (nSPS) is 13.7. The fourth-order valence-corrected chi connectivity index (χ4v) is 5.69. The average molecular weight is 575 g/mol. The minimum atomic E-state index is -0.0803. The lowest BCUT2D eigenvalue weighted by Gasteiger charge is -2.40. The second kappa shape index (κ2) is 14.7. The predicted molar refractivity (Wildman–Crippen MR) is 177 cm³/mol. The summed E-state index contributed by atoms with van der Waals surface area (Å²) in [4.78, 5) is 29.8. The van der Waals surface area contributed by atoms with E-state index in [-0.39, 0.29) is 17.9 Å². The van der Waals surface area contributed by atoms with Crippen LogP contribution in [0.25, 0.3) is 0 Å². The summed E-state index contributed by atoms with van der Waals surface area (Å²) < 4.78 is 0. The Balaban J connectivity index is 1.07. The fraction of sp³-hybridized carbons (Fsp3) is 0.297.